The molecule has 0 aliphatic heterocycles. The van der Waals surface area contributed by atoms with E-state index in [9.17, 15) is 4.79 Å². The molecule has 4 heteroatoms. The molecule has 0 heterocycles. The van der Waals surface area contributed by atoms with Crippen LogP contribution in [0.5, 0.6) is 0 Å². The van der Waals surface area contributed by atoms with Crippen molar-refractivity contribution in [3.8, 4) is 0 Å². The first-order chi connectivity index (χ1) is 4.66. The number of nitrogens with one attached hydrogen (secondary N) is 1. The van der Waals surface area contributed by atoms with Gasteiger partial charge in [0.2, 0.25) is 5.91 Å². The second-order valence-corrected chi connectivity index (χ2v) is 3.71. The van der Waals surface area contributed by atoms with E-state index in [0.717, 1.165) is 4.48 Å². The van der Waals surface area contributed by atoms with Crippen molar-refractivity contribution in [3.63, 3.8) is 0 Å². The van der Waals surface area contributed by atoms with Crippen molar-refractivity contribution < 1.29 is 4.79 Å². The molecule has 0 bridgehead atoms. The van der Waals surface area contributed by atoms with Gasteiger partial charge in [0.1, 0.15) is 0 Å². The molecule has 0 aliphatic rings. The van der Waals surface area contributed by atoms with Gasteiger partial charge < -0.3 is 5.32 Å². The first-order valence-electron chi connectivity index (χ1n) is 2.75. The molecule has 1 N–H and O–H groups in total. The molecule has 0 atom stereocenters. The molecule has 0 fully saturated rings. The smallest absolute Gasteiger partial charge is 0.230 e. The zero-order chi connectivity index (χ0) is 7.98. The highest BCUT2D eigenvalue weighted by atomic mass is 79.9. The van der Waals surface area contributed by atoms with E-state index in [0.29, 0.717) is 12.3 Å². The third-order valence-corrected chi connectivity index (χ3v) is 1.58. The fourth-order valence-electron chi connectivity index (χ4n) is 0.377. The van der Waals surface area contributed by atoms with Crippen LogP contribution in [0.2, 0.25) is 0 Å². The lowest BCUT2D eigenvalue weighted by Crippen LogP contribution is -2.25. The van der Waals surface area contributed by atoms with E-state index in [1.165, 1.54) is 11.8 Å². The highest BCUT2D eigenvalue weighted by Crippen LogP contribution is 1.97. The monoisotopic (exact) mass is 223 g/mol. The average molecular weight is 224 g/mol. The molecule has 0 spiro atoms. The molecule has 0 rings (SSSR count). The van der Waals surface area contributed by atoms with E-state index < -0.39 is 0 Å². The summed E-state index contributed by atoms with van der Waals surface area (Å²) < 4.78 is 0.793. The fourth-order valence-corrected chi connectivity index (χ4v) is 0.881. The van der Waals surface area contributed by atoms with Gasteiger partial charge in [-0.25, -0.2) is 0 Å². The maximum Gasteiger partial charge on any atom is 0.230 e. The van der Waals surface area contributed by atoms with Crippen molar-refractivity contribution in [1.82, 2.24) is 5.32 Å². The highest BCUT2D eigenvalue weighted by molar-refractivity contribution is 9.11. The zero-order valence-corrected chi connectivity index (χ0v) is 8.22. The maximum absolute atomic E-state index is 10.8. The number of hydrogen-bond acceptors (Lipinski definition) is 2. The molecular formula is C6H10BrNOS. The van der Waals surface area contributed by atoms with Crippen molar-refractivity contribution in [1.29, 1.82) is 0 Å². The molecule has 1 amide bonds. The molecule has 0 aromatic heterocycles. The molecule has 0 saturated heterocycles. The Kier molecular flexibility index (Phi) is 5.82. The topological polar surface area (TPSA) is 29.1 Å². The molecule has 10 heavy (non-hydrogen) atoms. The van der Waals surface area contributed by atoms with Crippen molar-refractivity contribution in [2.24, 2.45) is 0 Å². The summed E-state index contributed by atoms with van der Waals surface area (Å²) in [5, 5.41) is 2.68. The van der Waals surface area contributed by atoms with E-state index in [-0.39, 0.29) is 5.91 Å². The molecule has 58 valence electrons. The number of carbonyl (C=O) groups is 1. The molecule has 2 nitrogen and oxygen atoms in total. The number of rotatable bonds is 4. The fraction of sp³-hybridized carbons (Fsp3) is 0.500. The van der Waals surface area contributed by atoms with Gasteiger partial charge in [0.05, 0.1) is 5.75 Å². The van der Waals surface area contributed by atoms with Crippen LogP contribution in [-0.4, -0.2) is 24.5 Å². The van der Waals surface area contributed by atoms with E-state index in [1.807, 2.05) is 6.26 Å². The second kappa shape index (κ2) is 5.80. The Labute approximate surface area is 73.6 Å². The van der Waals surface area contributed by atoms with Gasteiger partial charge in [-0.3, -0.25) is 4.79 Å². The molecule has 0 unspecified atom stereocenters. The first-order valence-corrected chi connectivity index (χ1v) is 4.94. The van der Waals surface area contributed by atoms with Crippen LogP contribution in [0.4, 0.5) is 0 Å². The summed E-state index contributed by atoms with van der Waals surface area (Å²) in [6, 6.07) is 0. The van der Waals surface area contributed by atoms with Crippen molar-refractivity contribution in [2.75, 3.05) is 18.6 Å². The number of hydrogen-bond donors (Lipinski definition) is 1. The molecule has 0 saturated carbocycles. The molecule has 0 aliphatic carbocycles. The molecule has 0 radical (unpaired) electrons. The van der Waals surface area contributed by atoms with Crippen LogP contribution < -0.4 is 5.32 Å². The first kappa shape index (κ1) is 10.0. The summed E-state index contributed by atoms with van der Waals surface area (Å²) in [7, 11) is 0. The molecular weight excluding hydrogens is 214 g/mol. The minimum absolute atomic E-state index is 0.0492. The van der Waals surface area contributed by atoms with Crippen LogP contribution in [-0.2, 0) is 4.79 Å². The normalized spacial score (nSPS) is 9.00. The quantitative estimate of drug-likeness (QED) is 0.781. The number of thioether (sulfide) groups is 1. The van der Waals surface area contributed by atoms with Crippen molar-refractivity contribution in [2.45, 2.75) is 0 Å². The van der Waals surface area contributed by atoms with Gasteiger partial charge in [0.15, 0.2) is 0 Å². The Balaban J connectivity index is 3.30. The van der Waals surface area contributed by atoms with Crippen LogP contribution in [0.25, 0.3) is 0 Å². The zero-order valence-electron chi connectivity index (χ0n) is 5.82. The minimum atomic E-state index is 0.0492. The molecule has 0 aromatic rings. The largest absolute Gasteiger partial charge is 0.351 e. The van der Waals surface area contributed by atoms with Crippen LogP contribution >= 0.6 is 27.7 Å². The number of halogens is 1. The summed E-state index contributed by atoms with van der Waals surface area (Å²) in [5.74, 6) is 0.563. The van der Waals surface area contributed by atoms with Crippen LogP contribution in [0, 0.1) is 0 Å². The summed E-state index contributed by atoms with van der Waals surface area (Å²) >= 11 is 4.64. The minimum Gasteiger partial charge on any atom is -0.351 e. The van der Waals surface area contributed by atoms with Gasteiger partial charge in [-0.15, -0.1) is 0 Å². The van der Waals surface area contributed by atoms with E-state index in [2.05, 4.69) is 27.8 Å². The third kappa shape index (κ3) is 6.16. The number of amides is 1. The summed E-state index contributed by atoms with van der Waals surface area (Å²) in [6.07, 6.45) is 1.89. The Morgan fingerprint density at radius 3 is 2.80 bits per heavy atom. The van der Waals surface area contributed by atoms with Gasteiger partial charge >= 0.3 is 0 Å². The lowest BCUT2D eigenvalue weighted by molar-refractivity contribution is -0.118. The Bertz CT molecular complexity index is 138. The van der Waals surface area contributed by atoms with Crippen molar-refractivity contribution in [3.05, 3.63) is 11.1 Å². The van der Waals surface area contributed by atoms with E-state index in [4.69, 9.17) is 0 Å². The second-order valence-electron chi connectivity index (χ2n) is 1.73. The van der Waals surface area contributed by atoms with E-state index in [1.54, 1.807) is 0 Å². The lowest BCUT2D eigenvalue weighted by Gasteiger charge is -2.00. The number of carbonyl (C=O) groups excluding carboxylic acids is 1. The summed E-state index contributed by atoms with van der Waals surface area (Å²) in [5.41, 5.74) is 0. The van der Waals surface area contributed by atoms with Gasteiger partial charge in [-0.05, 0) is 6.26 Å². The van der Waals surface area contributed by atoms with Gasteiger partial charge in [-0.1, -0.05) is 22.5 Å². The summed E-state index contributed by atoms with van der Waals surface area (Å²) in [6.45, 7) is 4.10. The Morgan fingerprint density at radius 1 is 1.80 bits per heavy atom. The van der Waals surface area contributed by atoms with Gasteiger partial charge in [0, 0.05) is 11.0 Å². The summed E-state index contributed by atoms with van der Waals surface area (Å²) in [4.78, 5) is 10.8. The molecule has 0 aromatic carbocycles. The lowest BCUT2D eigenvalue weighted by atomic mass is 10.6. The average Bonchev–Trinajstić information content (AvgIpc) is 1.85. The van der Waals surface area contributed by atoms with E-state index >= 15 is 0 Å². The van der Waals surface area contributed by atoms with Crippen LogP contribution in [0.3, 0.4) is 0 Å². The SMILES string of the molecule is C=C(Br)CNC(=O)CSC. The van der Waals surface area contributed by atoms with Gasteiger partial charge in [-0.2, -0.15) is 11.8 Å². The standard InChI is InChI=1S/C6H10BrNOS/c1-5(7)3-8-6(9)4-10-2/h1,3-4H2,2H3,(H,8,9). The highest BCUT2D eigenvalue weighted by Gasteiger charge is 1.97. The Hall–Kier alpha value is 0.0400. The predicted molar refractivity (Wildman–Crippen MR) is 49.5 cm³/mol. The van der Waals surface area contributed by atoms with Gasteiger partial charge in [0.25, 0.3) is 0 Å². The predicted octanol–water partition coefficient (Wildman–Crippen LogP) is 1.37. The third-order valence-electron chi connectivity index (χ3n) is 0.753. The maximum atomic E-state index is 10.8. The van der Waals surface area contributed by atoms with Crippen LogP contribution in [0.1, 0.15) is 0 Å². The van der Waals surface area contributed by atoms with Crippen LogP contribution in [0.15, 0.2) is 11.1 Å². The van der Waals surface area contributed by atoms with Crippen molar-refractivity contribution >= 4 is 33.6 Å². The Morgan fingerprint density at radius 2 is 2.40 bits per heavy atom.